The molecule has 1 fully saturated rings. The van der Waals surface area contributed by atoms with Gasteiger partial charge in [0.15, 0.2) is 0 Å². The number of carbonyl (C=O) groups is 1. The Bertz CT molecular complexity index is 597. The van der Waals surface area contributed by atoms with Crippen LogP contribution in [0.5, 0.6) is 0 Å². The first-order valence-corrected chi connectivity index (χ1v) is 6.31. The maximum absolute atomic E-state index is 12.0. The fourth-order valence-corrected chi connectivity index (χ4v) is 2.24. The van der Waals surface area contributed by atoms with Gasteiger partial charge in [-0.3, -0.25) is 9.78 Å². The van der Waals surface area contributed by atoms with E-state index < -0.39 is 0 Å². The van der Waals surface area contributed by atoms with E-state index in [0.717, 1.165) is 6.42 Å². The molecule has 1 heterocycles. The molecule has 0 saturated heterocycles. The second kappa shape index (κ2) is 4.72. The van der Waals surface area contributed by atoms with E-state index in [9.17, 15) is 4.79 Å². The van der Waals surface area contributed by atoms with Crippen molar-refractivity contribution in [1.29, 1.82) is 0 Å². The van der Waals surface area contributed by atoms with Crippen LogP contribution in [0.25, 0.3) is 0 Å². The molecule has 2 atom stereocenters. The van der Waals surface area contributed by atoms with Gasteiger partial charge < -0.3 is 11.1 Å². The number of benzene rings is 1. The van der Waals surface area contributed by atoms with Gasteiger partial charge in [-0.25, -0.2) is 0 Å². The summed E-state index contributed by atoms with van der Waals surface area (Å²) in [5.74, 6) is 0.266. The summed E-state index contributed by atoms with van der Waals surface area (Å²) in [6.07, 6.45) is 2.53. The van der Waals surface area contributed by atoms with Crippen LogP contribution in [-0.2, 0) is 0 Å². The molecule has 3 N–H and O–H groups in total. The molecule has 3 rings (SSSR count). The summed E-state index contributed by atoms with van der Waals surface area (Å²) in [7, 11) is 0. The maximum Gasteiger partial charge on any atom is 0.270 e. The van der Waals surface area contributed by atoms with Crippen LogP contribution in [0.4, 0.5) is 5.69 Å². The minimum absolute atomic E-state index is 0.157. The van der Waals surface area contributed by atoms with E-state index in [-0.39, 0.29) is 11.9 Å². The number of aromatic nitrogens is 1. The van der Waals surface area contributed by atoms with E-state index in [4.69, 9.17) is 5.73 Å². The second-order valence-electron chi connectivity index (χ2n) is 4.81. The van der Waals surface area contributed by atoms with Crippen LogP contribution >= 0.6 is 0 Å². The minimum Gasteiger partial charge on any atom is -0.399 e. The average Bonchev–Trinajstić information content (AvgIpc) is 3.19. The molecule has 4 nitrogen and oxygen atoms in total. The van der Waals surface area contributed by atoms with Crippen molar-refractivity contribution in [2.45, 2.75) is 18.4 Å². The first-order chi connectivity index (χ1) is 9.24. The maximum atomic E-state index is 12.0. The standard InChI is InChI=1S/C15H15N3O/c16-11-6-7-17-14(8-11)15(19)18-13-9-12(13)10-4-2-1-3-5-10/h1-8,12-13H,9H2,(H2,16,17)(H,18,19). The van der Waals surface area contributed by atoms with Crippen molar-refractivity contribution in [3.8, 4) is 0 Å². The van der Waals surface area contributed by atoms with E-state index in [0.29, 0.717) is 17.3 Å². The van der Waals surface area contributed by atoms with Crippen molar-refractivity contribution in [2.24, 2.45) is 0 Å². The first-order valence-electron chi connectivity index (χ1n) is 6.31. The molecule has 4 heteroatoms. The number of hydrogen-bond acceptors (Lipinski definition) is 3. The van der Waals surface area contributed by atoms with Gasteiger partial charge in [0.1, 0.15) is 5.69 Å². The highest BCUT2D eigenvalue weighted by atomic mass is 16.2. The lowest BCUT2D eigenvalue weighted by Crippen LogP contribution is -2.27. The lowest BCUT2D eigenvalue weighted by atomic mass is 10.1. The molecule has 1 aromatic heterocycles. The van der Waals surface area contributed by atoms with E-state index in [2.05, 4.69) is 22.4 Å². The van der Waals surface area contributed by atoms with Crippen LogP contribution in [0.1, 0.15) is 28.4 Å². The molecule has 19 heavy (non-hydrogen) atoms. The Morgan fingerprint density at radius 2 is 2.05 bits per heavy atom. The zero-order valence-electron chi connectivity index (χ0n) is 10.4. The lowest BCUT2D eigenvalue weighted by molar-refractivity contribution is 0.0945. The normalized spacial score (nSPS) is 20.8. The number of nitrogen functional groups attached to an aromatic ring is 1. The first kappa shape index (κ1) is 11.7. The van der Waals surface area contributed by atoms with Crippen molar-refractivity contribution in [3.63, 3.8) is 0 Å². The zero-order chi connectivity index (χ0) is 13.2. The molecule has 0 spiro atoms. The topological polar surface area (TPSA) is 68.0 Å². The van der Waals surface area contributed by atoms with Crippen LogP contribution in [0.3, 0.4) is 0 Å². The average molecular weight is 253 g/mol. The molecule has 1 aliphatic rings. The Morgan fingerprint density at radius 3 is 2.79 bits per heavy atom. The van der Waals surface area contributed by atoms with Gasteiger partial charge in [0, 0.05) is 23.8 Å². The fraction of sp³-hybridized carbons (Fsp3) is 0.200. The summed E-state index contributed by atoms with van der Waals surface area (Å²) in [5, 5.41) is 2.99. The highest BCUT2D eigenvalue weighted by Gasteiger charge is 2.39. The van der Waals surface area contributed by atoms with Crippen molar-refractivity contribution in [2.75, 3.05) is 5.73 Å². The second-order valence-corrected chi connectivity index (χ2v) is 4.81. The molecular formula is C15H15N3O. The van der Waals surface area contributed by atoms with Crippen LogP contribution in [0, 0.1) is 0 Å². The predicted molar refractivity (Wildman–Crippen MR) is 73.7 cm³/mol. The van der Waals surface area contributed by atoms with Gasteiger partial charge in [0.05, 0.1) is 0 Å². The molecule has 2 aromatic rings. The van der Waals surface area contributed by atoms with Crippen LogP contribution in [0.15, 0.2) is 48.7 Å². The molecule has 1 saturated carbocycles. The summed E-state index contributed by atoms with van der Waals surface area (Å²) in [6, 6.07) is 13.7. The zero-order valence-corrected chi connectivity index (χ0v) is 10.4. The number of rotatable bonds is 3. The summed E-state index contributed by atoms with van der Waals surface area (Å²) >= 11 is 0. The van der Waals surface area contributed by atoms with Gasteiger partial charge in [-0.2, -0.15) is 0 Å². The molecule has 96 valence electrons. The van der Waals surface area contributed by atoms with Crippen molar-refractivity contribution >= 4 is 11.6 Å². The highest BCUT2D eigenvalue weighted by Crippen LogP contribution is 2.40. The molecule has 1 amide bonds. The lowest BCUT2D eigenvalue weighted by Gasteiger charge is -2.04. The van der Waals surface area contributed by atoms with E-state index in [1.54, 1.807) is 18.3 Å². The molecule has 0 bridgehead atoms. The van der Waals surface area contributed by atoms with Crippen molar-refractivity contribution in [3.05, 3.63) is 59.9 Å². The predicted octanol–water partition coefficient (Wildman–Crippen LogP) is 1.95. The number of amides is 1. The largest absolute Gasteiger partial charge is 0.399 e. The number of nitrogens with two attached hydrogens (primary N) is 1. The van der Waals surface area contributed by atoms with E-state index in [1.807, 2.05) is 18.2 Å². The number of pyridine rings is 1. The third-order valence-corrected chi connectivity index (χ3v) is 3.35. The Morgan fingerprint density at radius 1 is 1.26 bits per heavy atom. The quantitative estimate of drug-likeness (QED) is 0.878. The number of hydrogen-bond donors (Lipinski definition) is 2. The summed E-state index contributed by atoms with van der Waals surface area (Å²) in [6.45, 7) is 0. The third kappa shape index (κ3) is 2.57. The van der Waals surface area contributed by atoms with Gasteiger partial charge in [-0.1, -0.05) is 30.3 Å². The molecule has 2 unspecified atom stereocenters. The van der Waals surface area contributed by atoms with Crippen molar-refractivity contribution < 1.29 is 4.79 Å². The SMILES string of the molecule is Nc1ccnc(C(=O)NC2CC2c2ccccc2)c1. The molecule has 1 aromatic carbocycles. The summed E-state index contributed by atoms with van der Waals surface area (Å²) in [4.78, 5) is 16.0. The molecular weight excluding hydrogens is 238 g/mol. The van der Waals surface area contributed by atoms with Gasteiger partial charge in [0.25, 0.3) is 5.91 Å². The molecule has 0 radical (unpaired) electrons. The highest BCUT2D eigenvalue weighted by molar-refractivity contribution is 5.93. The Kier molecular flexibility index (Phi) is 2.91. The molecule has 1 aliphatic carbocycles. The molecule has 0 aliphatic heterocycles. The number of nitrogens with one attached hydrogen (secondary N) is 1. The van der Waals surface area contributed by atoms with E-state index in [1.165, 1.54) is 5.56 Å². The monoisotopic (exact) mass is 253 g/mol. The van der Waals surface area contributed by atoms with Gasteiger partial charge in [-0.15, -0.1) is 0 Å². The van der Waals surface area contributed by atoms with Crippen molar-refractivity contribution in [1.82, 2.24) is 10.3 Å². The van der Waals surface area contributed by atoms with Crippen LogP contribution < -0.4 is 11.1 Å². The van der Waals surface area contributed by atoms with Gasteiger partial charge >= 0.3 is 0 Å². The summed E-state index contributed by atoms with van der Waals surface area (Å²) < 4.78 is 0. The minimum atomic E-state index is -0.157. The van der Waals surface area contributed by atoms with Gasteiger partial charge in [0.2, 0.25) is 0 Å². The van der Waals surface area contributed by atoms with E-state index >= 15 is 0 Å². The summed E-state index contributed by atoms with van der Waals surface area (Å²) in [5.41, 5.74) is 7.84. The smallest absolute Gasteiger partial charge is 0.270 e. The number of carbonyl (C=O) groups excluding carboxylic acids is 1. The van der Waals surface area contributed by atoms with Crippen LogP contribution in [-0.4, -0.2) is 16.9 Å². The number of nitrogens with zero attached hydrogens (tertiary/aromatic N) is 1. The van der Waals surface area contributed by atoms with Crippen LogP contribution in [0.2, 0.25) is 0 Å². The third-order valence-electron chi connectivity index (χ3n) is 3.35. The Balaban J connectivity index is 1.64. The fourth-order valence-electron chi connectivity index (χ4n) is 2.24. The number of anilines is 1. The Labute approximate surface area is 111 Å². The Hall–Kier alpha value is -2.36. The van der Waals surface area contributed by atoms with Gasteiger partial charge in [-0.05, 0) is 24.1 Å².